The Balaban J connectivity index is 2.67. The van der Waals surface area contributed by atoms with E-state index in [1.54, 1.807) is 55.5 Å². The second-order valence-corrected chi connectivity index (χ2v) is 7.23. The van der Waals surface area contributed by atoms with Gasteiger partial charge in [-0.05, 0) is 31.5 Å². The van der Waals surface area contributed by atoms with Gasteiger partial charge in [0.25, 0.3) is 0 Å². The molecule has 5 heteroatoms. The minimum absolute atomic E-state index is 0.0920. The molecule has 0 saturated heterocycles. The van der Waals surface area contributed by atoms with Crippen LogP contribution in [0.3, 0.4) is 0 Å². The number of sulfone groups is 1. The zero-order chi connectivity index (χ0) is 16.2. The molecule has 2 aromatic carbocycles. The van der Waals surface area contributed by atoms with Crippen LogP contribution in [-0.2, 0) is 24.1 Å². The molecule has 0 aromatic heterocycles. The summed E-state index contributed by atoms with van der Waals surface area (Å²) in [6.45, 7) is 3.16. The highest BCUT2D eigenvalue weighted by Crippen LogP contribution is 2.36. The van der Waals surface area contributed by atoms with E-state index in [1.165, 1.54) is 19.1 Å². The van der Waals surface area contributed by atoms with Crippen molar-refractivity contribution in [3.8, 4) is 0 Å². The van der Waals surface area contributed by atoms with Crippen molar-refractivity contribution in [1.29, 1.82) is 0 Å². The highest BCUT2D eigenvalue weighted by atomic mass is 32.2. The second-order valence-electron chi connectivity index (χ2n) is 4.94. The van der Waals surface area contributed by atoms with Gasteiger partial charge in [-0.15, -0.1) is 0 Å². The van der Waals surface area contributed by atoms with E-state index < -0.39 is 20.6 Å². The molecule has 2 aromatic rings. The minimum Gasteiger partial charge on any atom is -0.465 e. The number of carbonyl (C=O) groups is 1. The molecule has 0 spiro atoms. The lowest BCUT2D eigenvalue weighted by Gasteiger charge is -2.27. The molecule has 0 heterocycles. The molecule has 0 saturated carbocycles. The van der Waals surface area contributed by atoms with Gasteiger partial charge in [-0.1, -0.05) is 48.5 Å². The maximum Gasteiger partial charge on any atom is 0.332 e. The van der Waals surface area contributed by atoms with Crippen LogP contribution in [0.15, 0.2) is 65.6 Å². The molecule has 116 valence electrons. The van der Waals surface area contributed by atoms with Crippen molar-refractivity contribution in [2.75, 3.05) is 6.61 Å². The highest BCUT2D eigenvalue weighted by molar-refractivity contribution is 7.93. The number of rotatable bonds is 5. The van der Waals surface area contributed by atoms with Crippen LogP contribution >= 0.6 is 0 Å². The van der Waals surface area contributed by atoms with Crippen molar-refractivity contribution in [2.45, 2.75) is 23.5 Å². The first-order chi connectivity index (χ1) is 10.4. The van der Waals surface area contributed by atoms with Crippen molar-refractivity contribution >= 4 is 15.8 Å². The predicted molar refractivity (Wildman–Crippen MR) is 84.1 cm³/mol. The first-order valence-corrected chi connectivity index (χ1v) is 8.45. The predicted octanol–water partition coefficient (Wildman–Crippen LogP) is 2.94. The van der Waals surface area contributed by atoms with Crippen LogP contribution in [0.2, 0.25) is 0 Å². The normalized spacial score (nSPS) is 14.1. The van der Waals surface area contributed by atoms with Crippen LogP contribution in [0.25, 0.3) is 0 Å². The third-order valence-electron chi connectivity index (χ3n) is 3.58. The van der Waals surface area contributed by atoms with Gasteiger partial charge in [0.05, 0.1) is 11.5 Å². The molecule has 0 N–H and O–H groups in total. The summed E-state index contributed by atoms with van der Waals surface area (Å²) in [5.74, 6) is -0.773. The van der Waals surface area contributed by atoms with Gasteiger partial charge < -0.3 is 4.74 Å². The van der Waals surface area contributed by atoms with Gasteiger partial charge in [-0.3, -0.25) is 0 Å². The summed E-state index contributed by atoms with van der Waals surface area (Å²) >= 11 is 0. The fourth-order valence-electron chi connectivity index (χ4n) is 2.24. The SMILES string of the molecule is CCOC(=O)[C@](C)(c1ccccc1)S(=O)(=O)c1ccccc1. The number of benzene rings is 2. The zero-order valence-electron chi connectivity index (χ0n) is 12.5. The van der Waals surface area contributed by atoms with Crippen LogP contribution < -0.4 is 0 Å². The molecule has 1 atom stereocenters. The molecule has 0 aliphatic carbocycles. The van der Waals surface area contributed by atoms with Crippen molar-refractivity contribution in [1.82, 2.24) is 0 Å². The average molecular weight is 318 g/mol. The van der Waals surface area contributed by atoms with Gasteiger partial charge >= 0.3 is 5.97 Å². The summed E-state index contributed by atoms with van der Waals surface area (Å²) in [7, 11) is -3.95. The lowest BCUT2D eigenvalue weighted by atomic mass is 10.0. The number of esters is 1. The molecule has 0 aliphatic rings. The van der Waals surface area contributed by atoms with Gasteiger partial charge in [0, 0.05) is 0 Å². The van der Waals surface area contributed by atoms with Crippen LogP contribution in [0, 0.1) is 0 Å². The summed E-state index contributed by atoms with van der Waals surface area (Å²) < 4.78 is 29.4. The Hall–Kier alpha value is -2.14. The van der Waals surface area contributed by atoms with Gasteiger partial charge in [0.15, 0.2) is 14.6 Å². The zero-order valence-corrected chi connectivity index (χ0v) is 13.3. The topological polar surface area (TPSA) is 60.4 Å². The van der Waals surface area contributed by atoms with Crippen molar-refractivity contribution in [3.05, 3.63) is 66.2 Å². The fourth-order valence-corrected chi connectivity index (χ4v) is 3.95. The summed E-state index contributed by atoms with van der Waals surface area (Å²) in [5.41, 5.74) is 0.386. The molecule has 22 heavy (non-hydrogen) atoms. The minimum atomic E-state index is -3.95. The van der Waals surface area contributed by atoms with E-state index in [4.69, 9.17) is 4.74 Å². The van der Waals surface area contributed by atoms with Crippen LogP contribution in [0.4, 0.5) is 0 Å². The number of ether oxygens (including phenoxy) is 1. The Morgan fingerprint density at radius 1 is 1.00 bits per heavy atom. The Morgan fingerprint density at radius 3 is 2.00 bits per heavy atom. The number of hydrogen-bond acceptors (Lipinski definition) is 4. The van der Waals surface area contributed by atoms with Crippen molar-refractivity contribution in [3.63, 3.8) is 0 Å². The Kier molecular flexibility index (Phi) is 4.66. The summed E-state index contributed by atoms with van der Waals surface area (Å²) in [5, 5.41) is 0. The second kappa shape index (κ2) is 6.32. The number of hydrogen-bond donors (Lipinski definition) is 0. The molecule has 0 aliphatic heterocycles. The molecule has 0 fully saturated rings. The maximum absolute atomic E-state index is 13.1. The molecule has 4 nitrogen and oxygen atoms in total. The third-order valence-corrected chi connectivity index (χ3v) is 5.95. The lowest BCUT2D eigenvalue weighted by molar-refractivity contribution is -0.146. The molecule has 2 rings (SSSR count). The van der Waals surface area contributed by atoms with Gasteiger partial charge in [0.2, 0.25) is 0 Å². The standard InChI is InChI=1S/C17H18O4S/c1-3-21-16(18)17(2,14-10-6-4-7-11-14)22(19,20)15-12-8-5-9-13-15/h4-13H,3H2,1-2H3/t17-/m0/s1. The van der Waals surface area contributed by atoms with Crippen LogP contribution in [0.1, 0.15) is 19.4 Å². The Morgan fingerprint density at radius 2 is 1.50 bits per heavy atom. The Labute approximate surface area is 130 Å². The fraction of sp³-hybridized carbons (Fsp3) is 0.235. The third kappa shape index (κ3) is 2.64. The number of carbonyl (C=O) groups excluding carboxylic acids is 1. The first kappa shape index (κ1) is 16.2. The van der Waals surface area contributed by atoms with Gasteiger partial charge in [-0.2, -0.15) is 0 Å². The summed E-state index contributed by atoms with van der Waals surface area (Å²) in [4.78, 5) is 12.6. The van der Waals surface area contributed by atoms with Gasteiger partial charge in [-0.25, -0.2) is 13.2 Å². The largest absolute Gasteiger partial charge is 0.465 e. The van der Waals surface area contributed by atoms with Crippen LogP contribution in [-0.4, -0.2) is 21.0 Å². The molecule has 0 amide bonds. The molecular weight excluding hydrogens is 300 g/mol. The van der Waals surface area contributed by atoms with E-state index in [0.29, 0.717) is 5.56 Å². The van der Waals surface area contributed by atoms with Gasteiger partial charge in [0.1, 0.15) is 0 Å². The van der Waals surface area contributed by atoms with E-state index in [1.807, 2.05) is 0 Å². The maximum atomic E-state index is 13.1. The Bertz CT molecular complexity index is 739. The molecule has 0 radical (unpaired) electrons. The van der Waals surface area contributed by atoms with Crippen molar-refractivity contribution in [2.24, 2.45) is 0 Å². The molecular formula is C17H18O4S. The monoisotopic (exact) mass is 318 g/mol. The average Bonchev–Trinajstić information content (AvgIpc) is 2.55. The quantitative estimate of drug-likeness (QED) is 0.795. The summed E-state index contributed by atoms with van der Waals surface area (Å²) in [6, 6.07) is 16.4. The van der Waals surface area contributed by atoms with Crippen LogP contribution in [0.5, 0.6) is 0 Å². The highest BCUT2D eigenvalue weighted by Gasteiger charge is 2.50. The van der Waals surface area contributed by atoms with E-state index in [0.717, 1.165) is 0 Å². The first-order valence-electron chi connectivity index (χ1n) is 6.97. The van der Waals surface area contributed by atoms with E-state index >= 15 is 0 Å². The van der Waals surface area contributed by atoms with E-state index in [-0.39, 0.29) is 11.5 Å². The molecule has 0 unspecified atom stereocenters. The van der Waals surface area contributed by atoms with Crippen molar-refractivity contribution < 1.29 is 17.9 Å². The van der Waals surface area contributed by atoms with E-state index in [2.05, 4.69) is 0 Å². The smallest absolute Gasteiger partial charge is 0.332 e. The summed E-state index contributed by atoms with van der Waals surface area (Å²) in [6.07, 6.45) is 0. The van der Waals surface area contributed by atoms with E-state index in [9.17, 15) is 13.2 Å². The lowest BCUT2D eigenvalue weighted by Crippen LogP contribution is -2.42. The molecule has 0 bridgehead atoms.